The van der Waals surface area contributed by atoms with E-state index in [9.17, 15) is 17.6 Å². The van der Waals surface area contributed by atoms with Crippen molar-refractivity contribution >= 4 is 0 Å². The molecular weight excluding hydrogens is 198 g/mol. The predicted octanol–water partition coefficient (Wildman–Crippen LogP) is 3.02. The van der Waals surface area contributed by atoms with Crippen molar-refractivity contribution in [2.75, 3.05) is 0 Å². The summed E-state index contributed by atoms with van der Waals surface area (Å²) >= 11 is 0. The second-order valence-corrected chi connectivity index (χ2v) is 2.81. The number of rotatable bonds is 3. The molecule has 0 aromatic heterocycles. The highest BCUT2D eigenvalue weighted by molar-refractivity contribution is 5.31. The van der Waals surface area contributed by atoms with Crippen molar-refractivity contribution in [3.63, 3.8) is 0 Å². The van der Waals surface area contributed by atoms with E-state index in [0.717, 1.165) is 18.2 Å². The van der Waals surface area contributed by atoms with Crippen LogP contribution in [-0.2, 0) is 6.54 Å². The third-order valence-corrected chi connectivity index (χ3v) is 1.78. The summed E-state index contributed by atoms with van der Waals surface area (Å²) in [5, 5.41) is 0. The second-order valence-electron chi connectivity index (χ2n) is 2.81. The Morgan fingerprint density at radius 1 is 0.929 bits per heavy atom. The molecule has 5 heteroatoms. The van der Waals surface area contributed by atoms with Crippen LogP contribution in [0.15, 0.2) is 18.2 Å². The summed E-state index contributed by atoms with van der Waals surface area (Å²) in [7, 11) is 0. The van der Waals surface area contributed by atoms with Crippen LogP contribution in [0.1, 0.15) is 29.5 Å². The summed E-state index contributed by atoms with van der Waals surface area (Å²) in [5.41, 5.74) is 4.66. The Hall–Kier alpha value is -1.10. The van der Waals surface area contributed by atoms with Gasteiger partial charge in [-0.15, -0.1) is 0 Å². The maximum atomic E-state index is 12.2. The van der Waals surface area contributed by atoms with E-state index in [2.05, 4.69) is 0 Å². The van der Waals surface area contributed by atoms with E-state index in [1.54, 1.807) is 0 Å². The Labute approximate surface area is 78.5 Å². The zero-order chi connectivity index (χ0) is 10.7. The first-order chi connectivity index (χ1) is 6.54. The van der Waals surface area contributed by atoms with Gasteiger partial charge in [-0.05, 0) is 23.8 Å². The third kappa shape index (κ3) is 2.45. The van der Waals surface area contributed by atoms with Crippen LogP contribution in [0.2, 0.25) is 0 Å². The molecule has 0 saturated heterocycles. The minimum absolute atomic E-state index is 0.0275. The lowest BCUT2D eigenvalue weighted by Gasteiger charge is -2.07. The highest BCUT2D eigenvalue weighted by atomic mass is 19.3. The molecule has 1 nitrogen and oxygen atoms in total. The van der Waals surface area contributed by atoms with Crippen LogP contribution in [0.4, 0.5) is 17.6 Å². The standard InChI is InChI=1S/C9H9F4N/c10-8(11)6-1-5(4-14)2-7(3-6)9(12)13/h1-3,8-9H,4,14H2. The van der Waals surface area contributed by atoms with Crippen molar-refractivity contribution in [3.05, 3.63) is 34.9 Å². The van der Waals surface area contributed by atoms with Gasteiger partial charge in [0.05, 0.1) is 0 Å². The lowest BCUT2D eigenvalue weighted by atomic mass is 10.1. The molecule has 0 aliphatic heterocycles. The summed E-state index contributed by atoms with van der Waals surface area (Å²) < 4.78 is 49.0. The van der Waals surface area contributed by atoms with Crippen molar-refractivity contribution in [3.8, 4) is 0 Å². The van der Waals surface area contributed by atoms with E-state index in [1.807, 2.05) is 0 Å². The van der Waals surface area contributed by atoms with Gasteiger partial charge in [-0.25, -0.2) is 17.6 Å². The largest absolute Gasteiger partial charge is 0.326 e. The van der Waals surface area contributed by atoms with Crippen molar-refractivity contribution in [2.45, 2.75) is 19.4 Å². The number of hydrogen-bond donors (Lipinski definition) is 1. The van der Waals surface area contributed by atoms with Crippen molar-refractivity contribution in [2.24, 2.45) is 5.73 Å². The zero-order valence-corrected chi connectivity index (χ0v) is 7.18. The maximum absolute atomic E-state index is 12.2. The van der Waals surface area contributed by atoms with Crippen LogP contribution in [0.5, 0.6) is 0 Å². The molecule has 1 rings (SSSR count). The van der Waals surface area contributed by atoms with Crippen LogP contribution in [0, 0.1) is 0 Å². The lowest BCUT2D eigenvalue weighted by Crippen LogP contribution is -2.00. The summed E-state index contributed by atoms with van der Waals surface area (Å²) in [6, 6.07) is 3.07. The van der Waals surface area contributed by atoms with E-state index in [-0.39, 0.29) is 12.1 Å². The molecule has 0 saturated carbocycles. The molecule has 1 aromatic carbocycles. The fourth-order valence-corrected chi connectivity index (χ4v) is 1.12. The Morgan fingerprint density at radius 3 is 1.64 bits per heavy atom. The van der Waals surface area contributed by atoms with Crippen LogP contribution < -0.4 is 5.73 Å². The van der Waals surface area contributed by atoms with Crippen LogP contribution in [0.3, 0.4) is 0 Å². The Balaban J connectivity index is 3.13. The number of nitrogens with two attached hydrogens (primary N) is 1. The van der Waals surface area contributed by atoms with Gasteiger partial charge in [0.1, 0.15) is 0 Å². The molecule has 0 unspecified atom stereocenters. The third-order valence-electron chi connectivity index (χ3n) is 1.78. The molecule has 0 bridgehead atoms. The van der Waals surface area contributed by atoms with Gasteiger partial charge < -0.3 is 5.73 Å². The quantitative estimate of drug-likeness (QED) is 0.757. The minimum atomic E-state index is -2.75. The summed E-state index contributed by atoms with van der Waals surface area (Å²) in [4.78, 5) is 0. The minimum Gasteiger partial charge on any atom is -0.326 e. The molecule has 2 N–H and O–H groups in total. The molecule has 0 aliphatic carbocycles. The van der Waals surface area contributed by atoms with E-state index in [0.29, 0.717) is 0 Å². The van der Waals surface area contributed by atoms with Crippen LogP contribution >= 0.6 is 0 Å². The van der Waals surface area contributed by atoms with E-state index < -0.39 is 24.0 Å². The maximum Gasteiger partial charge on any atom is 0.263 e. The van der Waals surface area contributed by atoms with Gasteiger partial charge in [0.15, 0.2) is 0 Å². The first-order valence-corrected chi connectivity index (χ1v) is 3.94. The van der Waals surface area contributed by atoms with Gasteiger partial charge in [0.25, 0.3) is 12.9 Å². The van der Waals surface area contributed by atoms with E-state index in [1.165, 1.54) is 0 Å². The van der Waals surface area contributed by atoms with Gasteiger partial charge in [-0.3, -0.25) is 0 Å². The lowest BCUT2D eigenvalue weighted by molar-refractivity contribution is 0.144. The molecule has 14 heavy (non-hydrogen) atoms. The summed E-state index contributed by atoms with van der Waals surface area (Å²) in [6.45, 7) is -0.0275. The zero-order valence-electron chi connectivity index (χ0n) is 7.18. The molecule has 0 heterocycles. The molecule has 1 aromatic rings. The molecule has 0 fully saturated rings. The topological polar surface area (TPSA) is 26.0 Å². The van der Waals surface area contributed by atoms with Gasteiger partial charge in [0, 0.05) is 17.7 Å². The second kappa shape index (κ2) is 4.41. The Bertz CT molecular complexity index is 285. The highest BCUT2D eigenvalue weighted by Crippen LogP contribution is 2.26. The number of halogens is 4. The predicted molar refractivity (Wildman–Crippen MR) is 44.2 cm³/mol. The average molecular weight is 207 g/mol. The fraction of sp³-hybridized carbons (Fsp3) is 0.333. The van der Waals surface area contributed by atoms with Gasteiger partial charge in [0.2, 0.25) is 0 Å². The van der Waals surface area contributed by atoms with Crippen molar-refractivity contribution in [1.82, 2.24) is 0 Å². The smallest absolute Gasteiger partial charge is 0.263 e. The summed E-state index contributed by atoms with van der Waals surface area (Å²) in [5.74, 6) is 0. The molecule has 0 atom stereocenters. The highest BCUT2D eigenvalue weighted by Gasteiger charge is 2.14. The first-order valence-electron chi connectivity index (χ1n) is 3.94. The SMILES string of the molecule is NCc1cc(C(F)F)cc(C(F)F)c1. The molecule has 0 aliphatic rings. The Kier molecular flexibility index (Phi) is 3.46. The number of alkyl halides is 4. The van der Waals surface area contributed by atoms with Gasteiger partial charge in [-0.1, -0.05) is 0 Å². The average Bonchev–Trinajstić information content (AvgIpc) is 2.16. The molecule has 0 amide bonds. The van der Waals surface area contributed by atoms with Gasteiger partial charge in [-0.2, -0.15) is 0 Å². The van der Waals surface area contributed by atoms with Crippen LogP contribution in [-0.4, -0.2) is 0 Å². The normalized spacial score (nSPS) is 11.4. The number of hydrogen-bond acceptors (Lipinski definition) is 1. The van der Waals surface area contributed by atoms with Crippen molar-refractivity contribution in [1.29, 1.82) is 0 Å². The van der Waals surface area contributed by atoms with Gasteiger partial charge >= 0.3 is 0 Å². The fourth-order valence-electron chi connectivity index (χ4n) is 1.12. The van der Waals surface area contributed by atoms with E-state index >= 15 is 0 Å². The van der Waals surface area contributed by atoms with Crippen molar-refractivity contribution < 1.29 is 17.6 Å². The number of benzene rings is 1. The molecule has 0 spiro atoms. The van der Waals surface area contributed by atoms with Crippen LogP contribution in [0.25, 0.3) is 0 Å². The molecular formula is C9H9F4N. The monoisotopic (exact) mass is 207 g/mol. The Morgan fingerprint density at radius 2 is 1.36 bits per heavy atom. The molecule has 0 radical (unpaired) electrons. The first kappa shape index (κ1) is 11.0. The summed E-state index contributed by atoms with van der Waals surface area (Å²) in [6.07, 6.45) is -5.50. The molecule has 78 valence electrons. The van der Waals surface area contributed by atoms with E-state index in [4.69, 9.17) is 5.73 Å².